The van der Waals surface area contributed by atoms with E-state index in [1.54, 1.807) is 6.20 Å². The van der Waals surface area contributed by atoms with Crippen LogP contribution < -0.4 is 5.32 Å². The van der Waals surface area contributed by atoms with Gasteiger partial charge in [0.05, 0.1) is 5.75 Å². The van der Waals surface area contributed by atoms with Gasteiger partial charge in [-0.05, 0) is 25.8 Å². The highest BCUT2D eigenvalue weighted by molar-refractivity contribution is 7.99. The molecule has 0 saturated carbocycles. The van der Waals surface area contributed by atoms with Crippen LogP contribution in [-0.2, 0) is 17.9 Å². The van der Waals surface area contributed by atoms with E-state index in [2.05, 4.69) is 34.5 Å². The second-order valence-corrected chi connectivity index (χ2v) is 6.70. The molecule has 0 aliphatic carbocycles. The van der Waals surface area contributed by atoms with E-state index >= 15 is 0 Å². The summed E-state index contributed by atoms with van der Waals surface area (Å²) in [6, 6.07) is 1.96. The van der Waals surface area contributed by atoms with Crippen molar-refractivity contribution >= 4 is 17.7 Å². The van der Waals surface area contributed by atoms with Gasteiger partial charge >= 0.3 is 0 Å². The zero-order valence-electron chi connectivity index (χ0n) is 14.1. The summed E-state index contributed by atoms with van der Waals surface area (Å²) in [4.78, 5) is 11.8. The number of nitrogens with zero attached hydrogens (tertiary/aromatic N) is 5. The highest BCUT2D eigenvalue weighted by Gasteiger charge is 2.14. The Morgan fingerprint density at radius 1 is 1.39 bits per heavy atom. The molecule has 0 atom stereocenters. The molecule has 7 nitrogen and oxygen atoms in total. The van der Waals surface area contributed by atoms with E-state index in [-0.39, 0.29) is 5.91 Å². The molecule has 1 amide bonds. The Balaban J connectivity index is 1.98. The molecule has 8 heteroatoms. The van der Waals surface area contributed by atoms with Crippen molar-refractivity contribution < 1.29 is 4.79 Å². The summed E-state index contributed by atoms with van der Waals surface area (Å²) in [5.74, 6) is 1.68. The Kier molecular flexibility index (Phi) is 6.20. The quantitative estimate of drug-likeness (QED) is 0.743. The predicted molar refractivity (Wildman–Crippen MR) is 90.3 cm³/mol. The number of nitrogens with one attached hydrogen (secondary N) is 1. The second kappa shape index (κ2) is 8.14. The molecular weight excluding hydrogens is 312 g/mol. The Hall–Kier alpha value is -1.83. The first-order valence-electron chi connectivity index (χ1n) is 7.81. The number of amides is 1. The van der Waals surface area contributed by atoms with Crippen molar-refractivity contribution in [3.05, 3.63) is 23.8 Å². The molecule has 0 aromatic carbocycles. The highest BCUT2D eigenvalue weighted by atomic mass is 32.2. The predicted octanol–water partition coefficient (Wildman–Crippen LogP) is 1.72. The van der Waals surface area contributed by atoms with Gasteiger partial charge < -0.3 is 9.88 Å². The van der Waals surface area contributed by atoms with Crippen LogP contribution in [-0.4, -0.2) is 42.7 Å². The summed E-state index contributed by atoms with van der Waals surface area (Å²) in [7, 11) is 0. The Bertz CT molecular complexity index is 648. The summed E-state index contributed by atoms with van der Waals surface area (Å²) in [6.45, 7) is 10.2. The molecule has 126 valence electrons. The minimum absolute atomic E-state index is 0.0267. The molecule has 0 aliphatic heterocycles. The molecule has 1 N–H and O–H groups in total. The Morgan fingerprint density at radius 3 is 2.78 bits per heavy atom. The SMILES string of the molecule is CCn1c(Cn2nccc2C)nnc1SCC(=O)NCC(C)C. The molecule has 2 aromatic rings. The molecule has 0 radical (unpaired) electrons. The largest absolute Gasteiger partial charge is 0.355 e. The van der Waals surface area contributed by atoms with Crippen LogP contribution in [0.4, 0.5) is 0 Å². The van der Waals surface area contributed by atoms with Gasteiger partial charge in [-0.2, -0.15) is 5.10 Å². The lowest BCUT2D eigenvalue weighted by Crippen LogP contribution is -2.28. The van der Waals surface area contributed by atoms with Crippen molar-refractivity contribution in [1.29, 1.82) is 0 Å². The molecule has 23 heavy (non-hydrogen) atoms. The number of hydrogen-bond acceptors (Lipinski definition) is 5. The first-order valence-corrected chi connectivity index (χ1v) is 8.79. The van der Waals surface area contributed by atoms with E-state index in [9.17, 15) is 4.79 Å². The topological polar surface area (TPSA) is 77.6 Å². The summed E-state index contributed by atoms with van der Waals surface area (Å²) >= 11 is 1.42. The van der Waals surface area contributed by atoms with E-state index in [4.69, 9.17) is 0 Å². The monoisotopic (exact) mass is 336 g/mol. The first kappa shape index (κ1) is 17.5. The van der Waals surface area contributed by atoms with Crippen LogP contribution in [0, 0.1) is 12.8 Å². The minimum atomic E-state index is 0.0267. The zero-order chi connectivity index (χ0) is 16.8. The summed E-state index contributed by atoms with van der Waals surface area (Å²) in [5.41, 5.74) is 1.08. The van der Waals surface area contributed by atoms with E-state index in [1.165, 1.54) is 11.8 Å². The number of hydrogen-bond donors (Lipinski definition) is 1. The first-order chi connectivity index (χ1) is 11.0. The maximum Gasteiger partial charge on any atom is 0.230 e. The van der Waals surface area contributed by atoms with Crippen LogP contribution in [0.15, 0.2) is 17.4 Å². The van der Waals surface area contributed by atoms with Gasteiger partial charge in [0.15, 0.2) is 11.0 Å². The van der Waals surface area contributed by atoms with Crippen molar-refractivity contribution in [3.8, 4) is 0 Å². The van der Waals surface area contributed by atoms with Gasteiger partial charge in [0.25, 0.3) is 0 Å². The van der Waals surface area contributed by atoms with Crippen molar-refractivity contribution in [2.75, 3.05) is 12.3 Å². The molecule has 2 aromatic heterocycles. The van der Waals surface area contributed by atoms with E-state index in [1.807, 2.05) is 29.2 Å². The van der Waals surface area contributed by atoms with Crippen molar-refractivity contribution in [2.24, 2.45) is 5.92 Å². The molecule has 2 rings (SSSR count). The molecule has 0 aliphatic rings. The molecule has 0 unspecified atom stereocenters. The molecule has 0 fully saturated rings. The number of rotatable bonds is 8. The third-order valence-corrected chi connectivity index (χ3v) is 4.34. The summed E-state index contributed by atoms with van der Waals surface area (Å²) in [6.07, 6.45) is 1.77. The standard InChI is InChI=1S/C15H24N6OS/c1-5-20-13(9-21-12(4)6-7-17-21)18-19-15(20)23-10-14(22)16-8-11(2)3/h6-7,11H,5,8-10H2,1-4H3,(H,16,22). The average molecular weight is 336 g/mol. The highest BCUT2D eigenvalue weighted by Crippen LogP contribution is 2.17. The lowest BCUT2D eigenvalue weighted by atomic mass is 10.2. The Morgan fingerprint density at radius 2 is 2.17 bits per heavy atom. The van der Waals surface area contributed by atoms with E-state index < -0.39 is 0 Å². The van der Waals surface area contributed by atoms with Crippen LogP contribution in [0.2, 0.25) is 0 Å². The molecular formula is C15H24N6OS. The summed E-state index contributed by atoms with van der Waals surface area (Å²) in [5, 5.41) is 16.4. The van der Waals surface area contributed by atoms with Crippen molar-refractivity contribution in [3.63, 3.8) is 0 Å². The van der Waals surface area contributed by atoms with Crippen LogP contribution >= 0.6 is 11.8 Å². The smallest absolute Gasteiger partial charge is 0.230 e. The minimum Gasteiger partial charge on any atom is -0.355 e. The molecule has 0 spiro atoms. The average Bonchev–Trinajstić information content (AvgIpc) is 3.10. The lowest BCUT2D eigenvalue weighted by Gasteiger charge is -2.09. The Labute approximate surface area is 140 Å². The molecule has 0 saturated heterocycles. The second-order valence-electron chi connectivity index (χ2n) is 5.76. The van der Waals surface area contributed by atoms with Gasteiger partial charge in [-0.25, -0.2) is 0 Å². The fourth-order valence-corrected chi connectivity index (χ4v) is 2.91. The third-order valence-electron chi connectivity index (χ3n) is 3.37. The number of carbonyl (C=O) groups excluding carboxylic acids is 1. The number of aromatic nitrogens is 5. The van der Waals surface area contributed by atoms with Crippen LogP contribution in [0.25, 0.3) is 0 Å². The van der Waals surface area contributed by atoms with Gasteiger partial charge in [-0.1, -0.05) is 25.6 Å². The maximum atomic E-state index is 11.8. The number of carbonyl (C=O) groups is 1. The van der Waals surface area contributed by atoms with Crippen LogP contribution in [0.1, 0.15) is 32.3 Å². The van der Waals surface area contributed by atoms with Gasteiger partial charge in [-0.3, -0.25) is 9.48 Å². The fourth-order valence-electron chi connectivity index (χ4n) is 2.06. The lowest BCUT2D eigenvalue weighted by molar-refractivity contribution is -0.118. The molecule has 2 heterocycles. The van der Waals surface area contributed by atoms with Gasteiger partial charge in [-0.15, -0.1) is 10.2 Å². The van der Waals surface area contributed by atoms with E-state index in [0.717, 1.165) is 23.2 Å². The van der Waals surface area contributed by atoms with Gasteiger partial charge in [0.1, 0.15) is 6.54 Å². The van der Waals surface area contributed by atoms with Gasteiger partial charge in [0.2, 0.25) is 5.91 Å². The third kappa shape index (κ3) is 4.82. The van der Waals surface area contributed by atoms with Crippen molar-refractivity contribution in [2.45, 2.75) is 45.9 Å². The van der Waals surface area contributed by atoms with Gasteiger partial charge in [0, 0.05) is 25.0 Å². The van der Waals surface area contributed by atoms with Crippen molar-refractivity contribution in [1.82, 2.24) is 29.9 Å². The number of thioether (sulfide) groups is 1. The fraction of sp³-hybridized carbons (Fsp3) is 0.600. The number of aryl methyl sites for hydroxylation is 1. The maximum absolute atomic E-state index is 11.8. The van der Waals surface area contributed by atoms with Crippen LogP contribution in [0.5, 0.6) is 0 Å². The zero-order valence-corrected chi connectivity index (χ0v) is 14.9. The summed E-state index contributed by atoms with van der Waals surface area (Å²) < 4.78 is 3.92. The normalized spacial score (nSPS) is 11.2. The molecule has 0 bridgehead atoms. The van der Waals surface area contributed by atoms with Crippen LogP contribution in [0.3, 0.4) is 0 Å². The van der Waals surface area contributed by atoms with E-state index in [0.29, 0.717) is 24.8 Å².